The molecular formula is C88H152N2O37. The Morgan fingerprint density at radius 1 is 0.276 bits per heavy atom. The molecule has 0 saturated carbocycles. The van der Waals surface area contributed by atoms with E-state index >= 15 is 0 Å². The third-order valence-corrected chi connectivity index (χ3v) is 17.6. The first-order chi connectivity index (χ1) is 62.3. The fourth-order valence-electron chi connectivity index (χ4n) is 11.4. The second-order valence-electron chi connectivity index (χ2n) is 28.9. The summed E-state index contributed by atoms with van der Waals surface area (Å²) in [4.78, 5) is 60.5. The molecular weight excluding hydrogens is 1680 g/mol. The summed E-state index contributed by atoms with van der Waals surface area (Å²) in [7, 11) is 0. The Balaban J connectivity index is 0.860. The van der Waals surface area contributed by atoms with Gasteiger partial charge in [-0.1, -0.05) is 48.5 Å². The number of aliphatic carboxylic acids is 2. The van der Waals surface area contributed by atoms with Crippen molar-refractivity contribution < 1.29 is 176 Å². The highest BCUT2D eigenvalue weighted by Crippen LogP contribution is 2.44. The molecule has 0 spiro atoms. The van der Waals surface area contributed by atoms with Gasteiger partial charge in [-0.25, -0.2) is 4.79 Å². The molecule has 3 rings (SSSR count). The van der Waals surface area contributed by atoms with E-state index in [4.69, 9.17) is 142 Å². The molecule has 2 aromatic rings. The number of hydrogen-bond acceptors (Lipinski definition) is 35. The van der Waals surface area contributed by atoms with Crippen molar-refractivity contribution in [2.24, 2.45) is 0 Å². The van der Waals surface area contributed by atoms with Gasteiger partial charge in [0.2, 0.25) is 5.91 Å². The van der Waals surface area contributed by atoms with Crippen LogP contribution in [-0.2, 0) is 161 Å². The van der Waals surface area contributed by atoms with Crippen molar-refractivity contribution in [1.82, 2.24) is 10.6 Å². The zero-order valence-electron chi connectivity index (χ0n) is 75.8. The first-order valence-corrected chi connectivity index (χ1v) is 44.5. The van der Waals surface area contributed by atoms with Crippen LogP contribution in [0, 0.1) is 0 Å². The Labute approximate surface area is 750 Å². The number of rotatable bonds is 99. The van der Waals surface area contributed by atoms with E-state index < -0.39 is 41.0 Å². The standard InChI is InChI=1S/C88H152N2O37/c1-87(2,3)127-85(96)14-18-88(16-12-83(92)93,17-13-84(94)95)90-82(91)15-20-98-22-24-100-26-28-102-30-32-104-34-36-106-38-40-108-42-44-110-46-48-112-50-52-114-54-56-116-58-60-118-62-64-120-66-68-122-70-72-124-74-75-125-73-71-123-69-67-121-65-63-119-61-59-117-57-55-115-53-51-113-49-47-111-45-43-109-41-39-107-37-35-105-33-31-103-29-27-101-25-23-99-21-19-89-86(97)126-76-81-79-10-6-4-8-77(79)78-9-5-7-11-80(78)81/h4-11,81H,12-76H2,1-3H3,(H,89,97)(H,90,91)(H,92,93)(H,94,95). The van der Waals surface area contributed by atoms with Crippen LogP contribution in [0.25, 0.3) is 11.1 Å². The number of alkyl carbamates (subject to hydrolysis) is 1. The molecule has 39 heteroatoms. The molecule has 0 aliphatic heterocycles. The maximum absolute atomic E-state index is 12.9. The van der Waals surface area contributed by atoms with Gasteiger partial charge in [-0.05, 0) is 62.3 Å². The van der Waals surface area contributed by atoms with Crippen molar-refractivity contribution in [3.05, 3.63) is 59.7 Å². The Morgan fingerprint density at radius 3 is 0.701 bits per heavy atom. The third kappa shape index (κ3) is 73.7. The second kappa shape index (κ2) is 85.9. The summed E-state index contributed by atoms with van der Waals surface area (Å²) in [5.74, 6) is -3.19. The van der Waals surface area contributed by atoms with Crippen LogP contribution in [0.2, 0.25) is 0 Å². The predicted octanol–water partition coefficient (Wildman–Crippen LogP) is 5.09. The number of ether oxygens (including phenoxy) is 30. The molecule has 4 N–H and O–H groups in total. The van der Waals surface area contributed by atoms with Gasteiger partial charge in [-0.15, -0.1) is 0 Å². The fourth-order valence-corrected chi connectivity index (χ4v) is 11.4. The summed E-state index contributed by atoms with van der Waals surface area (Å²) in [6.07, 6.45) is -1.38. The topological polar surface area (TPSA) is 427 Å². The molecule has 1 aliphatic rings. The number of hydrogen-bond donors (Lipinski definition) is 4. The number of carbonyl (C=O) groups is 5. The van der Waals surface area contributed by atoms with Gasteiger partial charge in [0.05, 0.1) is 370 Å². The summed E-state index contributed by atoms with van der Waals surface area (Å²) in [6.45, 7) is 30.0. The zero-order chi connectivity index (χ0) is 91.0. The average molecular weight is 1830 g/mol. The molecule has 127 heavy (non-hydrogen) atoms. The largest absolute Gasteiger partial charge is 0.481 e. The zero-order valence-corrected chi connectivity index (χ0v) is 75.8. The van der Waals surface area contributed by atoms with Crippen molar-refractivity contribution in [1.29, 1.82) is 0 Å². The molecule has 0 fully saturated rings. The van der Waals surface area contributed by atoms with Gasteiger partial charge in [-0.3, -0.25) is 19.2 Å². The summed E-state index contributed by atoms with van der Waals surface area (Å²) in [5, 5.41) is 24.2. The van der Waals surface area contributed by atoms with Gasteiger partial charge in [0.25, 0.3) is 0 Å². The summed E-state index contributed by atoms with van der Waals surface area (Å²) in [6, 6.07) is 16.5. The van der Waals surface area contributed by atoms with Crippen LogP contribution >= 0.6 is 0 Å². The third-order valence-electron chi connectivity index (χ3n) is 17.6. The van der Waals surface area contributed by atoms with Gasteiger partial charge in [0, 0.05) is 43.7 Å². The minimum atomic E-state index is -1.23. The minimum absolute atomic E-state index is 0.0207. The van der Waals surface area contributed by atoms with Crippen LogP contribution in [0.5, 0.6) is 0 Å². The number of nitrogens with one attached hydrogen (secondary N) is 2. The van der Waals surface area contributed by atoms with Gasteiger partial charge in [0.15, 0.2) is 0 Å². The number of benzene rings is 2. The molecule has 0 aromatic heterocycles. The van der Waals surface area contributed by atoms with Gasteiger partial charge in [0.1, 0.15) is 12.2 Å². The summed E-state index contributed by atoms with van der Waals surface area (Å²) in [5.41, 5.74) is 2.77. The van der Waals surface area contributed by atoms with Crippen LogP contribution in [0.4, 0.5) is 4.79 Å². The van der Waals surface area contributed by atoms with Crippen molar-refractivity contribution >= 4 is 29.9 Å². The summed E-state index contributed by atoms with van der Waals surface area (Å²) >= 11 is 0. The fraction of sp³-hybridized carbons (Fsp3) is 0.807. The maximum Gasteiger partial charge on any atom is 0.407 e. The quantitative estimate of drug-likeness (QED) is 0.0495. The van der Waals surface area contributed by atoms with Crippen molar-refractivity contribution in [3.63, 3.8) is 0 Å². The molecule has 2 amide bonds. The highest BCUT2D eigenvalue weighted by Gasteiger charge is 2.35. The molecule has 0 bridgehead atoms. The highest BCUT2D eigenvalue weighted by molar-refractivity contribution is 5.79. The Bertz CT molecular complexity index is 2790. The number of esters is 1. The molecule has 0 saturated heterocycles. The number of amides is 2. The van der Waals surface area contributed by atoms with Crippen LogP contribution in [0.1, 0.15) is 82.8 Å². The first-order valence-electron chi connectivity index (χ1n) is 44.5. The number of carboxylic acid groups (broad SMARTS) is 2. The lowest BCUT2D eigenvalue weighted by Crippen LogP contribution is -2.50. The maximum atomic E-state index is 12.9. The molecule has 1 aliphatic carbocycles. The summed E-state index contributed by atoms with van der Waals surface area (Å²) < 4.78 is 166. The smallest absolute Gasteiger partial charge is 0.407 e. The Hall–Kier alpha value is -5.53. The van der Waals surface area contributed by atoms with Crippen molar-refractivity contribution in [2.75, 3.05) is 383 Å². The molecule has 0 heterocycles. The monoisotopic (exact) mass is 1830 g/mol. The lowest BCUT2D eigenvalue weighted by molar-refractivity contribution is -0.155. The van der Waals surface area contributed by atoms with E-state index in [0.717, 1.165) is 0 Å². The number of carbonyl (C=O) groups excluding carboxylic acids is 3. The van der Waals surface area contributed by atoms with E-state index in [0.29, 0.717) is 357 Å². The molecule has 0 radical (unpaired) electrons. The lowest BCUT2D eigenvalue weighted by Gasteiger charge is -2.35. The molecule has 39 nitrogen and oxygen atoms in total. The molecule has 736 valence electrons. The van der Waals surface area contributed by atoms with Gasteiger partial charge in [-0.2, -0.15) is 0 Å². The van der Waals surface area contributed by atoms with Gasteiger partial charge < -0.3 is 163 Å². The number of carboxylic acids is 2. The van der Waals surface area contributed by atoms with Crippen molar-refractivity contribution in [3.8, 4) is 11.1 Å². The number of fused-ring (bicyclic) bond motifs is 3. The van der Waals surface area contributed by atoms with Crippen LogP contribution < -0.4 is 10.6 Å². The normalized spacial score (nSPS) is 12.2. The molecule has 0 atom stereocenters. The lowest BCUT2D eigenvalue weighted by atomic mass is 9.83. The highest BCUT2D eigenvalue weighted by atomic mass is 16.6. The first kappa shape index (κ1) is 116. The average Bonchev–Trinajstić information content (AvgIpc) is 1.62. The molecule has 2 aromatic carbocycles. The van der Waals surface area contributed by atoms with Crippen LogP contribution in [-0.4, -0.2) is 434 Å². The van der Waals surface area contributed by atoms with Gasteiger partial charge >= 0.3 is 24.0 Å². The van der Waals surface area contributed by atoms with E-state index in [1.165, 1.54) is 22.3 Å². The Kier molecular flexibility index (Phi) is 78.2. The minimum Gasteiger partial charge on any atom is -0.481 e. The van der Waals surface area contributed by atoms with E-state index in [2.05, 4.69) is 34.9 Å². The van der Waals surface area contributed by atoms with Crippen LogP contribution in [0.3, 0.4) is 0 Å². The Morgan fingerprint density at radius 2 is 0.480 bits per heavy atom. The van der Waals surface area contributed by atoms with Crippen molar-refractivity contribution in [2.45, 2.75) is 82.8 Å². The van der Waals surface area contributed by atoms with Crippen LogP contribution in [0.15, 0.2) is 48.5 Å². The SMILES string of the molecule is CC(C)(C)OC(=O)CCC(CCC(=O)O)(CCC(=O)O)NC(=O)CCOCCOCCOCCOCCOCCOCCOCCOCCOCCOCCOCCOCCOCCOCCOCCOCCOCCOCCOCCOCCOCCOCCOCCOCCOCCOCCOCCOCCNC(=O)OCC1c2ccccc2-c2ccccc21. The van der Waals surface area contributed by atoms with E-state index in [1.54, 1.807) is 20.8 Å². The van der Waals surface area contributed by atoms with E-state index in [1.807, 2.05) is 24.3 Å². The second-order valence-corrected chi connectivity index (χ2v) is 28.9. The predicted molar refractivity (Wildman–Crippen MR) is 460 cm³/mol. The van der Waals surface area contributed by atoms with E-state index in [9.17, 15) is 34.2 Å². The van der Waals surface area contributed by atoms with E-state index in [-0.39, 0.29) is 77.3 Å². The molecule has 0 unspecified atom stereocenters.